The van der Waals surface area contributed by atoms with E-state index in [9.17, 15) is 4.79 Å². The fourth-order valence-corrected chi connectivity index (χ4v) is 1.87. The van der Waals surface area contributed by atoms with Crippen LogP contribution < -0.4 is 11.1 Å². The highest BCUT2D eigenvalue weighted by atomic mass is 16.1. The molecule has 0 aliphatic carbocycles. The van der Waals surface area contributed by atoms with Gasteiger partial charge in [-0.15, -0.1) is 0 Å². The number of hydrogen-bond acceptors (Lipinski definition) is 3. The van der Waals surface area contributed by atoms with Crippen molar-refractivity contribution in [3.8, 4) is 0 Å². The Morgan fingerprint density at radius 3 is 2.47 bits per heavy atom. The van der Waals surface area contributed by atoms with E-state index in [0.717, 1.165) is 25.1 Å². The number of carbonyl (C=O) groups excluding carboxylic acids is 1. The minimum absolute atomic E-state index is 0.0565. The Morgan fingerprint density at radius 1 is 1.32 bits per heavy atom. The first-order valence-corrected chi connectivity index (χ1v) is 6.76. The Morgan fingerprint density at radius 2 is 1.95 bits per heavy atom. The molecule has 0 aliphatic rings. The van der Waals surface area contributed by atoms with Gasteiger partial charge in [-0.25, -0.2) is 0 Å². The number of carbonyl (C=O) groups is 1. The summed E-state index contributed by atoms with van der Waals surface area (Å²) in [6, 6.07) is 8.14. The molecule has 1 unspecified atom stereocenters. The molecule has 0 aromatic heterocycles. The molecule has 1 aromatic rings. The van der Waals surface area contributed by atoms with E-state index in [0.29, 0.717) is 6.42 Å². The first-order valence-electron chi connectivity index (χ1n) is 6.76. The van der Waals surface area contributed by atoms with Gasteiger partial charge in [0.2, 0.25) is 5.91 Å². The molecule has 4 nitrogen and oxygen atoms in total. The van der Waals surface area contributed by atoms with Crippen molar-refractivity contribution in [3.05, 3.63) is 29.8 Å². The Bertz CT molecular complexity index is 385. The quantitative estimate of drug-likeness (QED) is 0.793. The van der Waals surface area contributed by atoms with Crippen molar-refractivity contribution in [1.82, 2.24) is 4.90 Å². The maximum Gasteiger partial charge on any atom is 0.224 e. The Balaban J connectivity index is 2.38. The molecule has 0 saturated carbocycles. The van der Waals surface area contributed by atoms with Gasteiger partial charge in [0.15, 0.2) is 0 Å². The molecule has 1 atom stereocenters. The molecule has 19 heavy (non-hydrogen) atoms. The van der Waals surface area contributed by atoms with Gasteiger partial charge in [-0.05, 0) is 51.6 Å². The predicted molar refractivity (Wildman–Crippen MR) is 80.0 cm³/mol. The molecule has 1 aromatic carbocycles. The van der Waals surface area contributed by atoms with Crippen LogP contribution in [0.2, 0.25) is 0 Å². The average molecular weight is 263 g/mol. The first kappa shape index (κ1) is 15.7. The van der Waals surface area contributed by atoms with Gasteiger partial charge in [0.05, 0.1) is 0 Å². The highest BCUT2D eigenvalue weighted by molar-refractivity contribution is 5.90. The minimum Gasteiger partial charge on any atom is -0.328 e. The molecule has 4 heteroatoms. The average Bonchev–Trinajstić information content (AvgIpc) is 2.30. The molecule has 1 amide bonds. The number of benzene rings is 1. The lowest BCUT2D eigenvalue weighted by atomic mass is 10.1. The number of amides is 1. The van der Waals surface area contributed by atoms with Gasteiger partial charge in [-0.1, -0.05) is 12.1 Å². The van der Waals surface area contributed by atoms with Crippen molar-refractivity contribution < 1.29 is 4.79 Å². The summed E-state index contributed by atoms with van der Waals surface area (Å²) in [5, 5.41) is 2.90. The van der Waals surface area contributed by atoms with Crippen LogP contribution in [0.1, 0.15) is 31.7 Å². The maximum atomic E-state index is 11.7. The SMILES string of the molecule is CC(N)CCCC(=O)Nc1ccc(CN(C)C)cc1. The molecular weight excluding hydrogens is 238 g/mol. The summed E-state index contributed by atoms with van der Waals surface area (Å²) >= 11 is 0. The zero-order valence-electron chi connectivity index (χ0n) is 12.1. The van der Waals surface area contributed by atoms with Gasteiger partial charge >= 0.3 is 0 Å². The van der Waals surface area contributed by atoms with E-state index in [1.807, 2.05) is 45.3 Å². The standard InChI is InChI=1S/C15H25N3O/c1-12(16)5-4-6-15(19)17-14-9-7-13(8-10-14)11-18(2)3/h7-10,12H,4-6,11,16H2,1-3H3,(H,17,19). The molecular formula is C15H25N3O. The zero-order chi connectivity index (χ0) is 14.3. The summed E-state index contributed by atoms with van der Waals surface area (Å²) in [4.78, 5) is 13.8. The zero-order valence-corrected chi connectivity index (χ0v) is 12.1. The van der Waals surface area contributed by atoms with Crippen LogP contribution in [0.4, 0.5) is 5.69 Å². The molecule has 0 spiro atoms. The number of hydrogen-bond donors (Lipinski definition) is 2. The third kappa shape index (κ3) is 6.94. The van der Waals surface area contributed by atoms with Crippen LogP contribution in [0.5, 0.6) is 0 Å². The summed E-state index contributed by atoms with van der Waals surface area (Å²) < 4.78 is 0. The van der Waals surface area contributed by atoms with Gasteiger partial charge in [0.1, 0.15) is 0 Å². The Kier molecular flexibility index (Phi) is 6.53. The van der Waals surface area contributed by atoms with Gasteiger partial charge < -0.3 is 16.0 Å². The van der Waals surface area contributed by atoms with E-state index in [2.05, 4.69) is 10.2 Å². The van der Waals surface area contributed by atoms with Crippen molar-refractivity contribution in [2.75, 3.05) is 19.4 Å². The Labute approximate surface area is 116 Å². The summed E-state index contributed by atoms with van der Waals surface area (Å²) in [6.45, 7) is 2.87. The van der Waals surface area contributed by atoms with Crippen LogP contribution in [-0.4, -0.2) is 30.9 Å². The lowest BCUT2D eigenvalue weighted by Gasteiger charge is -2.11. The molecule has 0 saturated heterocycles. The third-order valence-electron chi connectivity index (χ3n) is 2.80. The van der Waals surface area contributed by atoms with Crippen molar-refractivity contribution in [1.29, 1.82) is 0 Å². The van der Waals surface area contributed by atoms with E-state index in [1.54, 1.807) is 0 Å². The normalized spacial score (nSPS) is 12.5. The highest BCUT2D eigenvalue weighted by Gasteiger charge is 2.03. The fourth-order valence-electron chi connectivity index (χ4n) is 1.87. The van der Waals surface area contributed by atoms with Crippen molar-refractivity contribution in [2.24, 2.45) is 5.73 Å². The van der Waals surface area contributed by atoms with E-state index >= 15 is 0 Å². The molecule has 1 rings (SSSR count). The van der Waals surface area contributed by atoms with Gasteiger partial charge in [-0.3, -0.25) is 4.79 Å². The van der Waals surface area contributed by atoms with E-state index in [1.165, 1.54) is 5.56 Å². The van der Waals surface area contributed by atoms with Crippen LogP contribution in [0.15, 0.2) is 24.3 Å². The smallest absolute Gasteiger partial charge is 0.224 e. The Hall–Kier alpha value is -1.39. The molecule has 0 heterocycles. The molecule has 0 bridgehead atoms. The lowest BCUT2D eigenvalue weighted by Crippen LogP contribution is -2.16. The van der Waals surface area contributed by atoms with Gasteiger partial charge in [0.25, 0.3) is 0 Å². The predicted octanol–water partition coefficient (Wildman–Crippen LogP) is 2.20. The van der Waals surface area contributed by atoms with Crippen molar-refractivity contribution >= 4 is 11.6 Å². The topological polar surface area (TPSA) is 58.4 Å². The van der Waals surface area contributed by atoms with Crippen LogP contribution in [0.3, 0.4) is 0 Å². The van der Waals surface area contributed by atoms with Crippen molar-refractivity contribution in [2.45, 2.75) is 38.8 Å². The number of rotatable bonds is 7. The number of nitrogens with one attached hydrogen (secondary N) is 1. The largest absolute Gasteiger partial charge is 0.328 e. The molecule has 0 fully saturated rings. The van der Waals surface area contributed by atoms with Crippen LogP contribution in [0, 0.1) is 0 Å². The summed E-state index contributed by atoms with van der Waals surface area (Å²) in [5.74, 6) is 0.0565. The second-order valence-corrected chi connectivity index (χ2v) is 5.35. The minimum atomic E-state index is 0.0565. The third-order valence-corrected chi connectivity index (χ3v) is 2.80. The lowest BCUT2D eigenvalue weighted by molar-refractivity contribution is -0.116. The number of anilines is 1. The second-order valence-electron chi connectivity index (χ2n) is 5.35. The fraction of sp³-hybridized carbons (Fsp3) is 0.533. The van der Waals surface area contributed by atoms with Gasteiger partial charge in [0, 0.05) is 24.7 Å². The molecule has 0 radical (unpaired) electrons. The van der Waals surface area contributed by atoms with E-state index in [4.69, 9.17) is 5.73 Å². The summed E-state index contributed by atoms with van der Waals surface area (Å²) in [7, 11) is 4.07. The van der Waals surface area contributed by atoms with E-state index in [-0.39, 0.29) is 11.9 Å². The molecule has 3 N–H and O–H groups in total. The monoisotopic (exact) mass is 263 g/mol. The van der Waals surface area contributed by atoms with E-state index < -0.39 is 0 Å². The maximum absolute atomic E-state index is 11.7. The second kappa shape index (κ2) is 7.92. The summed E-state index contributed by atoms with van der Waals surface area (Å²) in [6.07, 6.45) is 2.25. The molecule has 0 aliphatic heterocycles. The van der Waals surface area contributed by atoms with Gasteiger partial charge in [-0.2, -0.15) is 0 Å². The number of nitrogens with zero attached hydrogens (tertiary/aromatic N) is 1. The van der Waals surface area contributed by atoms with Crippen LogP contribution in [-0.2, 0) is 11.3 Å². The molecule has 106 valence electrons. The number of nitrogens with two attached hydrogens (primary N) is 1. The van der Waals surface area contributed by atoms with Crippen molar-refractivity contribution in [3.63, 3.8) is 0 Å². The van der Waals surface area contributed by atoms with Crippen LogP contribution >= 0.6 is 0 Å². The first-order chi connectivity index (χ1) is 8.97. The summed E-state index contributed by atoms with van der Waals surface area (Å²) in [5.41, 5.74) is 7.74. The highest BCUT2D eigenvalue weighted by Crippen LogP contribution is 2.11. The van der Waals surface area contributed by atoms with Crippen LogP contribution in [0.25, 0.3) is 0 Å².